The first-order valence-electron chi connectivity index (χ1n) is 9.69. The molecule has 2 unspecified atom stereocenters. The molecule has 0 aliphatic carbocycles. The fourth-order valence-electron chi connectivity index (χ4n) is 2.56. The molecule has 0 aromatic carbocycles. The quantitative estimate of drug-likeness (QED) is 0.226. The highest BCUT2D eigenvalue weighted by atomic mass is 16.6. The summed E-state index contributed by atoms with van der Waals surface area (Å²) >= 11 is 0. The molecule has 0 bridgehead atoms. The van der Waals surface area contributed by atoms with E-state index in [1.165, 1.54) is 25.7 Å². The molecule has 1 rings (SSSR count). The van der Waals surface area contributed by atoms with Crippen molar-refractivity contribution >= 4 is 11.8 Å². The maximum atomic E-state index is 11.5. The monoisotopic (exact) mass is 360 g/mol. The number of Topliss-reactive ketones (excluding diaryl/α,β-unsaturated/α-hetero) is 1. The van der Waals surface area contributed by atoms with Crippen molar-refractivity contribution in [1.82, 2.24) is 0 Å². The highest BCUT2D eigenvalue weighted by Crippen LogP contribution is 2.16. The van der Waals surface area contributed by atoms with Gasteiger partial charge in [-0.2, -0.15) is 0 Å². The first kappa shape index (κ1) is 22.1. The van der Waals surface area contributed by atoms with E-state index in [0.29, 0.717) is 12.8 Å². The van der Waals surface area contributed by atoms with Crippen molar-refractivity contribution in [3.05, 3.63) is 48.6 Å². The number of unbranched alkanes of at least 4 members (excludes halogenated alkanes) is 3. The second kappa shape index (κ2) is 14.3. The van der Waals surface area contributed by atoms with Crippen LogP contribution in [0, 0.1) is 0 Å². The summed E-state index contributed by atoms with van der Waals surface area (Å²) in [5.41, 5.74) is 0. The first-order valence-corrected chi connectivity index (χ1v) is 9.69. The molecule has 4 heteroatoms. The van der Waals surface area contributed by atoms with E-state index in [1.54, 1.807) is 0 Å². The summed E-state index contributed by atoms with van der Waals surface area (Å²) in [4.78, 5) is 22.5. The van der Waals surface area contributed by atoms with Gasteiger partial charge in [0.05, 0.1) is 0 Å². The smallest absolute Gasteiger partial charge is 0.343 e. The van der Waals surface area contributed by atoms with Gasteiger partial charge >= 0.3 is 5.97 Å². The maximum absolute atomic E-state index is 11.5. The van der Waals surface area contributed by atoms with Crippen molar-refractivity contribution < 1.29 is 19.4 Å². The molecule has 0 aromatic heterocycles. The molecule has 0 aromatic rings. The summed E-state index contributed by atoms with van der Waals surface area (Å²) in [5.74, 6) is -1.35. The molecule has 26 heavy (non-hydrogen) atoms. The number of allylic oxidation sites excluding steroid dienone is 8. The number of ether oxygens (including phenoxy) is 1. The molecule has 144 valence electrons. The number of carbonyl (C=O) groups excluding carboxylic acids is 2. The van der Waals surface area contributed by atoms with Gasteiger partial charge in [0.2, 0.25) is 11.9 Å². The fraction of sp³-hybridized carbons (Fsp3) is 0.545. The molecule has 1 fully saturated rings. The van der Waals surface area contributed by atoms with E-state index in [4.69, 9.17) is 4.74 Å². The minimum absolute atomic E-state index is 0.427. The van der Waals surface area contributed by atoms with Gasteiger partial charge in [0.1, 0.15) is 0 Å². The Labute approximate surface area is 157 Å². The number of ketones is 1. The highest BCUT2D eigenvalue weighted by molar-refractivity contribution is 6.08. The second-order valence-corrected chi connectivity index (χ2v) is 6.40. The molecule has 1 aliphatic rings. The zero-order valence-corrected chi connectivity index (χ0v) is 15.8. The Kier molecular flexibility index (Phi) is 12.1. The third-order valence-corrected chi connectivity index (χ3v) is 4.12. The van der Waals surface area contributed by atoms with Crippen LogP contribution in [0.4, 0.5) is 0 Å². The van der Waals surface area contributed by atoms with Gasteiger partial charge in [-0.25, -0.2) is 4.79 Å². The van der Waals surface area contributed by atoms with Gasteiger partial charge in [-0.15, -0.1) is 0 Å². The molecule has 0 spiro atoms. The molecule has 1 heterocycles. The first-order chi connectivity index (χ1) is 12.7. The molecule has 0 saturated carbocycles. The molecule has 0 radical (unpaired) electrons. The lowest BCUT2D eigenvalue weighted by molar-refractivity contribution is -0.147. The SMILES string of the molecule is CCCCCC=CCC=CCC=CCC=CCCC1OC(=O)C(O)C1=O. The summed E-state index contributed by atoms with van der Waals surface area (Å²) in [6.07, 6.45) is 23.6. The van der Waals surface area contributed by atoms with Crippen LogP contribution < -0.4 is 0 Å². The normalized spacial score (nSPS) is 21.2. The Morgan fingerprint density at radius 1 is 0.846 bits per heavy atom. The molecule has 1 saturated heterocycles. The van der Waals surface area contributed by atoms with E-state index < -0.39 is 24.0 Å². The Hall–Kier alpha value is -1.94. The van der Waals surface area contributed by atoms with Crippen LogP contribution in [0.15, 0.2) is 48.6 Å². The third-order valence-electron chi connectivity index (χ3n) is 4.12. The molecule has 4 nitrogen and oxygen atoms in total. The van der Waals surface area contributed by atoms with Gasteiger partial charge in [-0.3, -0.25) is 4.79 Å². The van der Waals surface area contributed by atoms with Gasteiger partial charge in [0.15, 0.2) is 6.10 Å². The zero-order valence-electron chi connectivity index (χ0n) is 15.8. The lowest BCUT2D eigenvalue weighted by atomic mass is 10.1. The van der Waals surface area contributed by atoms with Crippen LogP contribution in [-0.4, -0.2) is 29.1 Å². The van der Waals surface area contributed by atoms with E-state index in [2.05, 4.69) is 43.4 Å². The number of carbonyl (C=O) groups is 2. The average Bonchev–Trinajstić information content (AvgIpc) is 2.88. The van der Waals surface area contributed by atoms with E-state index in [-0.39, 0.29) is 0 Å². The Bertz CT molecular complexity index is 528. The third kappa shape index (κ3) is 9.52. The molecular formula is C22H32O4. The Balaban J connectivity index is 2.00. The maximum Gasteiger partial charge on any atom is 0.343 e. The number of hydrogen-bond donors (Lipinski definition) is 1. The standard InChI is InChI=1S/C22H32O4/c1-2-3-4-5-6-7-8-9-10-11-12-13-14-15-16-17-18-19-20(23)21(24)22(25)26-19/h6-7,9-10,12-13,15-16,19,21,24H,2-5,8,11,14,17-18H2,1H3. The number of aliphatic hydroxyl groups is 1. The topological polar surface area (TPSA) is 63.6 Å². The predicted molar refractivity (Wildman–Crippen MR) is 105 cm³/mol. The van der Waals surface area contributed by atoms with Gasteiger partial charge in [0, 0.05) is 0 Å². The van der Waals surface area contributed by atoms with Crippen molar-refractivity contribution in [1.29, 1.82) is 0 Å². The van der Waals surface area contributed by atoms with Crippen molar-refractivity contribution in [3.63, 3.8) is 0 Å². The second-order valence-electron chi connectivity index (χ2n) is 6.40. The minimum atomic E-state index is -1.59. The van der Waals surface area contributed by atoms with Crippen LogP contribution >= 0.6 is 0 Å². The van der Waals surface area contributed by atoms with Crippen molar-refractivity contribution in [3.8, 4) is 0 Å². The van der Waals surface area contributed by atoms with Crippen LogP contribution in [0.2, 0.25) is 0 Å². The van der Waals surface area contributed by atoms with E-state index in [1.807, 2.05) is 12.2 Å². The van der Waals surface area contributed by atoms with Crippen LogP contribution in [0.25, 0.3) is 0 Å². The predicted octanol–water partition coefficient (Wildman–Crippen LogP) is 4.60. The number of aliphatic hydroxyl groups excluding tert-OH is 1. The van der Waals surface area contributed by atoms with Crippen LogP contribution in [0.3, 0.4) is 0 Å². The van der Waals surface area contributed by atoms with E-state index in [0.717, 1.165) is 19.3 Å². The molecule has 1 N–H and O–H groups in total. The molecule has 1 aliphatic heterocycles. The van der Waals surface area contributed by atoms with E-state index >= 15 is 0 Å². The van der Waals surface area contributed by atoms with Crippen LogP contribution in [-0.2, 0) is 14.3 Å². The summed E-state index contributed by atoms with van der Waals surface area (Å²) in [7, 11) is 0. The summed E-state index contributed by atoms with van der Waals surface area (Å²) in [5, 5.41) is 9.21. The van der Waals surface area contributed by atoms with Crippen molar-refractivity contribution in [2.24, 2.45) is 0 Å². The molecular weight excluding hydrogens is 328 g/mol. The largest absolute Gasteiger partial charge is 0.452 e. The van der Waals surface area contributed by atoms with Crippen molar-refractivity contribution in [2.45, 2.75) is 76.9 Å². The van der Waals surface area contributed by atoms with Gasteiger partial charge in [-0.05, 0) is 44.9 Å². The average molecular weight is 360 g/mol. The Morgan fingerprint density at radius 2 is 1.38 bits per heavy atom. The number of esters is 1. The number of hydrogen-bond acceptors (Lipinski definition) is 4. The number of cyclic esters (lactones) is 1. The summed E-state index contributed by atoms with van der Waals surface area (Å²) in [6, 6.07) is 0. The van der Waals surface area contributed by atoms with Gasteiger partial charge < -0.3 is 9.84 Å². The lowest BCUT2D eigenvalue weighted by Crippen LogP contribution is -2.24. The lowest BCUT2D eigenvalue weighted by Gasteiger charge is -2.03. The highest BCUT2D eigenvalue weighted by Gasteiger charge is 2.41. The zero-order chi connectivity index (χ0) is 19.0. The Morgan fingerprint density at radius 3 is 1.88 bits per heavy atom. The number of rotatable bonds is 13. The molecule has 2 atom stereocenters. The minimum Gasteiger partial charge on any atom is -0.452 e. The summed E-state index contributed by atoms with van der Waals surface area (Å²) < 4.78 is 4.81. The molecule has 0 amide bonds. The fourth-order valence-corrected chi connectivity index (χ4v) is 2.56. The van der Waals surface area contributed by atoms with E-state index in [9.17, 15) is 14.7 Å². The van der Waals surface area contributed by atoms with Crippen molar-refractivity contribution in [2.75, 3.05) is 0 Å². The van der Waals surface area contributed by atoms with Crippen LogP contribution in [0.1, 0.15) is 64.7 Å². The van der Waals surface area contributed by atoms with Gasteiger partial charge in [-0.1, -0.05) is 68.4 Å². The van der Waals surface area contributed by atoms with Gasteiger partial charge in [0.25, 0.3) is 0 Å². The van der Waals surface area contributed by atoms with Crippen LogP contribution in [0.5, 0.6) is 0 Å². The summed E-state index contributed by atoms with van der Waals surface area (Å²) in [6.45, 7) is 2.22.